The quantitative estimate of drug-likeness (QED) is 0.909. The van der Waals surface area contributed by atoms with Gasteiger partial charge in [-0.1, -0.05) is 18.2 Å². The number of aromatic nitrogens is 1. The molecule has 3 heteroatoms. The largest absolute Gasteiger partial charge is 0.393 e. The molecule has 3 nitrogen and oxygen atoms in total. The van der Waals surface area contributed by atoms with Crippen molar-refractivity contribution in [2.24, 2.45) is 13.0 Å². The highest BCUT2D eigenvalue weighted by Crippen LogP contribution is 2.29. The minimum Gasteiger partial charge on any atom is -0.393 e. The Balaban J connectivity index is 1.96. The van der Waals surface area contributed by atoms with E-state index < -0.39 is 0 Å². The molecule has 1 aromatic carbocycles. The number of benzene rings is 1. The van der Waals surface area contributed by atoms with Gasteiger partial charge < -0.3 is 14.6 Å². The third-order valence-corrected chi connectivity index (χ3v) is 4.89. The summed E-state index contributed by atoms with van der Waals surface area (Å²) in [6.07, 6.45) is 1.70. The summed E-state index contributed by atoms with van der Waals surface area (Å²) < 4.78 is 2.27. The van der Waals surface area contributed by atoms with Crippen molar-refractivity contribution in [3.8, 4) is 0 Å². The first-order valence-corrected chi connectivity index (χ1v) is 7.47. The molecule has 1 aliphatic rings. The average molecular weight is 272 g/mol. The van der Waals surface area contributed by atoms with Crippen LogP contribution in [-0.4, -0.2) is 40.8 Å². The van der Waals surface area contributed by atoms with Crippen molar-refractivity contribution in [1.82, 2.24) is 9.47 Å². The molecule has 108 valence electrons. The second-order valence-electron chi connectivity index (χ2n) is 6.22. The van der Waals surface area contributed by atoms with Crippen LogP contribution in [0.15, 0.2) is 24.3 Å². The molecule has 1 fully saturated rings. The van der Waals surface area contributed by atoms with E-state index in [1.54, 1.807) is 0 Å². The van der Waals surface area contributed by atoms with E-state index in [1.165, 1.54) is 22.2 Å². The Hall–Kier alpha value is -1.32. The third-order valence-electron chi connectivity index (χ3n) is 4.89. The highest BCUT2D eigenvalue weighted by Gasteiger charge is 2.27. The minimum atomic E-state index is -0.162. The Bertz CT molecular complexity index is 617. The highest BCUT2D eigenvalue weighted by atomic mass is 16.3. The number of hydrogen-bond donors (Lipinski definition) is 1. The molecule has 0 aliphatic carbocycles. The van der Waals surface area contributed by atoms with Gasteiger partial charge in [-0.05, 0) is 38.4 Å². The number of fused-ring (bicyclic) bond motifs is 1. The van der Waals surface area contributed by atoms with Crippen LogP contribution in [0, 0.1) is 12.8 Å². The molecule has 3 rings (SSSR count). The van der Waals surface area contributed by atoms with E-state index in [0.717, 1.165) is 25.9 Å². The first-order chi connectivity index (χ1) is 9.58. The van der Waals surface area contributed by atoms with Crippen LogP contribution in [0.1, 0.15) is 17.7 Å². The van der Waals surface area contributed by atoms with Gasteiger partial charge in [0.1, 0.15) is 0 Å². The molecule has 0 spiro atoms. The monoisotopic (exact) mass is 272 g/mol. The van der Waals surface area contributed by atoms with Gasteiger partial charge in [0.2, 0.25) is 0 Å². The number of aliphatic hydroxyl groups excluding tert-OH is 1. The van der Waals surface area contributed by atoms with Crippen molar-refractivity contribution in [3.05, 3.63) is 35.5 Å². The first kappa shape index (κ1) is 13.7. The summed E-state index contributed by atoms with van der Waals surface area (Å²) in [6, 6.07) is 8.58. The van der Waals surface area contributed by atoms with Gasteiger partial charge in [0.05, 0.1) is 6.10 Å². The van der Waals surface area contributed by atoms with Crippen molar-refractivity contribution in [2.75, 3.05) is 20.1 Å². The lowest BCUT2D eigenvalue weighted by atomic mass is 9.88. The summed E-state index contributed by atoms with van der Waals surface area (Å²) in [6.45, 7) is 4.18. The van der Waals surface area contributed by atoms with E-state index in [-0.39, 0.29) is 6.10 Å². The van der Waals surface area contributed by atoms with Crippen LogP contribution in [0.3, 0.4) is 0 Å². The zero-order chi connectivity index (χ0) is 14.3. The molecule has 0 amide bonds. The zero-order valence-corrected chi connectivity index (χ0v) is 12.6. The van der Waals surface area contributed by atoms with Crippen molar-refractivity contribution < 1.29 is 5.11 Å². The fourth-order valence-corrected chi connectivity index (χ4v) is 3.52. The van der Waals surface area contributed by atoms with E-state index in [2.05, 4.69) is 54.8 Å². The molecule has 0 radical (unpaired) electrons. The van der Waals surface area contributed by atoms with Crippen LogP contribution in [0.25, 0.3) is 10.9 Å². The molecule has 1 aliphatic heterocycles. The molecule has 0 bridgehead atoms. The number of aryl methyl sites for hydroxylation is 1. The molecule has 1 saturated heterocycles. The summed E-state index contributed by atoms with van der Waals surface area (Å²) in [5.74, 6) is 0.346. The first-order valence-electron chi connectivity index (χ1n) is 7.47. The predicted octanol–water partition coefficient (Wildman–Crippen LogP) is 2.34. The summed E-state index contributed by atoms with van der Waals surface area (Å²) in [5, 5.41) is 11.6. The Kier molecular flexibility index (Phi) is 3.57. The Morgan fingerprint density at radius 2 is 2.00 bits per heavy atom. The maximum absolute atomic E-state index is 10.3. The summed E-state index contributed by atoms with van der Waals surface area (Å²) >= 11 is 0. The van der Waals surface area contributed by atoms with Gasteiger partial charge >= 0.3 is 0 Å². The Morgan fingerprint density at radius 1 is 1.25 bits per heavy atom. The summed E-state index contributed by atoms with van der Waals surface area (Å²) in [4.78, 5) is 2.33. The Morgan fingerprint density at radius 3 is 2.80 bits per heavy atom. The number of aliphatic hydroxyl groups is 1. The van der Waals surface area contributed by atoms with Crippen LogP contribution < -0.4 is 0 Å². The number of nitrogens with zero attached hydrogens (tertiary/aromatic N) is 2. The van der Waals surface area contributed by atoms with Crippen molar-refractivity contribution in [2.45, 2.75) is 25.9 Å². The molecule has 0 saturated carbocycles. The molecule has 1 aromatic heterocycles. The van der Waals surface area contributed by atoms with E-state index in [4.69, 9.17) is 0 Å². The number of piperidine rings is 1. The van der Waals surface area contributed by atoms with Crippen LogP contribution in [0.2, 0.25) is 0 Å². The smallest absolute Gasteiger partial charge is 0.0596 e. The van der Waals surface area contributed by atoms with Gasteiger partial charge in [-0.2, -0.15) is 0 Å². The molecule has 1 N–H and O–H groups in total. The highest BCUT2D eigenvalue weighted by molar-refractivity contribution is 5.85. The molecule has 2 atom stereocenters. The van der Waals surface area contributed by atoms with Gasteiger partial charge in [-0.25, -0.2) is 0 Å². The predicted molar refractivity (Wildman–Crippen MR) is 83.0 cm³/mol. The van der Waals surface area contributed by atoms with E-state index in [1.807, 2.05) is 0 Å². The van der Waals surface area contributed by atoms with Gasteiger partial charge in [0, 0.05) is 42.7 Å². The van der Waals surface area contributed by atoms with Gasteiger partial charge in [-0.3, -0.25) is 0 Å². The standard InChI is InChI=1S/C17H24N2O/c1-12-15(10-13-11-18(2)9-8-17(13)20)14-6-4-5-7-16(14)19(12)3/h4-7,13,17,20H,8-11H2,1-3H3. The average Bonchev–Trinajstić information content (AvgIpc) is 2.68. The van der Waals surface area contributed by atoms with Crippen LogP contribution in [0.5, 0.6) is 0 Å². The fourth-order valence-electron chi connectivity index (χ4n) is 3.52. The van der Waals surface area contributed by atoms with Gasteiger partial charge in [0.25, 0.3) is 0 Å². The van der Waals surface area contributed by atoms with Crippen LogP contribution in [-0.2, 0) is 13.5 Å². The SMILES string of the molecule is Cc1c(CC2CN(C)CCC2O)c2ccccc2n1C. The van der Waals surface area contributed by atoms with Gasteiger partial charge in [0.15, 0.2) is 0 Å². The number of likely N-dealkylation sites (tertiary alicyclic amines) is 1. The molecular weight excluding hydrogens is 248 g/mol. The summed E-state index contributed by atoms with van der Waals surface area (Å²) in [7, 11) is 4.28. The van der Waals surface area contributed by atoms with Crippen LogP contribution >= 0.6 is 0 Å². The van der Waals surface area contributed by atoms with Crippen molar-refractivity contribution in [3.63, 3.8) is 0 Å². The van der Waals surface area contributed by atoms with Gasteiger partial charge in [-0.15, -0.1) is 0 Å². The molecular formula is C17H24N2O. The molecule has 2 aromatic rings. The molecule has 20 heavy (non-hydrogen) atoms. The van der Waals surface area contributed by atoms with Crippen molar-refractivity contribution >= 4 is 10.9 Å². The van der Waals surface area contributed by atoms with Crippen LogP contribution in [0.4, 0.5) is 0 Å². The number of para-hydroxylation sites is 1. The Labute approximate surface area is 120 Å². The third kappa shape index (κ3) is 2.25. The number of hydrogen-bond acceptors (Lipinski definition) is 2. The minimum absolute atomic E-state index is 0.162. The molecule has 2 heterocycles. The lowest BCUT2D eigenvalue weighted by molar-refractivity contribution is 0.0367. The summed E-state index contributed by atoms with van der Waals surface area (Å²) in [5.41, 5.74) is 4.02. The fraction of sp³-hybridized carbons (Fsp3) is 0.529. The normalized spacial score (nSPS) is 24.4. The molecule has 2 unspecified atom stereocenters. The lowest BCUT2D eigenvalue weighted by Gasteiger charge is -2.34. The van der Waals surface area contributed by atoms with Crippen molar-refractivity contribution in [1.29, 1.82) is 0 Å². The maximum Gasteiger partial charge on any atom is 0.0596 e. The van der Waals surface area contributed by atoms with E-state index >= 15 is 0 Å². The zero-order valence-electron chi connectivity index (χ0n) is 12.6. The van der Waals surface area contributed by atoms with E-state index in [0.29, 0.717) is 5.92 Å². The van der Waals surface area contributed by atoms with E-state index in [9.17, 15) is 5.11 Å². The topological polar surface area (TPSA) is 28.4 Å². The lowest BCUT2D eigenvalue weighted by Crippen LogP contribution is -2.42. The number of rotatable bonds is 2. The maximum atomic E-state index is 10.3. The second-order valence-corrected chi connectivity index (χ2v) is 6.22. The second kappa shape index (κ2) is 5.23.